The van der Waals surface area contributed by atoms with Gasteiger partial charge < -0.3 is 23.7 Å². The summed E-state index contributed by atoms with van der Waals surface area (Å²) in [6, 6.07) is 4.63. The van der Waals surface area contributed by atoms with Crippen molar-refractivity contribution < 1.29 is 42.3 Å². The molecule has 0 aromatic heterocycles. The maximum atomic E-state index is 12.8. The van der Waals surface area contributed by atoms with Gasteiger partial charge in [-0.25, -0.2) is 0 Å². The second-order valence-corrected chi connectivity index (χ2v) is 7.08. The molecule has 0 radical (unpaired) electrons. The van der Waals surface area contributed by atoms with Crippen molar-refractivity contribution in [1.29, 1.82) is 0 Å². The second-order valence-electron chi connectivity index (χ2n) is 5.66. The van der Waals surface area contributed by atoms with Crippen LogP contribution in [-0.2, 0) is 29.9 Å². The average molecular weight is 424 g/mol. The van der Waals surface area contributed by atoms with Gasteiger partial charge in [0.25, 0.3) is 0 Å². The molecule has 10 heteroatoms. The first-order valence-electron chi connectivity index (χ1n) is 8.27. The molecular weight excluding hydrogens is 404 g/mol. The van der Waals surface area contributed by atoms with E-state index in [0.717, 1.165) is 0 Å². The molecule has 2 aromatic rings. The van der Waals surface area contributed by atoms with Crippen molar-refractivity contribution in [2.45, 2.75) is 18.7 Å². The predicted octanol–water partition coefficient (Wildman–Crippen LogP) is 1.99. The normalized spacial score (nSPS) is 11.5. The Hall–Kier alpha value is -3.14. The van der Waals surface area contributed by atoms with Crippen LogP contribution in [0.1, 0.15) is 13.8 Å². The lowest BCUT2D eigenvalue weighted by Gasteiger charge is -2.20. The van der Waals surface area contributed by atoms with E-state index < -0.39 is 34.5 Å². The van der Waals surface area contributed by atoms with E-state index in [9.17, 15) is 18.6 Å². The Kier molecular flexibility index (Phi) is 7.16. The van der Waals surface area contributed by atoms with Crippen LogP contribution >= 0.6 is 0 Å². The summed E-state index contributed by atoms with van der Waals surface area (Å²) < 4.78 is 38.8. The Balaban J connectivity index is 2.97. The van der Waals surface area contributed by atoms with E-state index in [2.05, 4.69) is 4.74 Å². The molecule has 9 nitrogen and oxygen atoms in total. The maximum absolute atomic E-state index is 12.8. The van der Waals surface area contributed by atoms with Crippen molar-refractivity contribution in [3.8, 4) is 23.0 Å². The minimum atomic E-state index is -1.86. The van der Waals surface area contributed by atoms with Crippen LogP contribution in [-0.4, -0.2) is 49.2 Å². The second kappa shape index (κ2) is 9.37. The molecule has 1 atom stereocenters. The van der Waals surface area contributed by atoms with Gasteiger partial charge in [-0.05, 0) is 6.07 Å². The Labute approximate surface area is 169 Å². The SMILES string of the molecule is COC(=O)CS(=O)c1cccc2c(OC(C)=O)c(OC)c(OC)c(OC(C)=O)c12. The number of hydrogen-bond donors (Lipinski definition) is 0. The van der Waals surface area contributed by atoms with E-state index in [1.807, 2.05) is 0 Å². The highest BCUT2D eigenvalue weighted by molar-refractivity contribution is 7.86. The number of rotatable bonds is 7. The lowest BCUT2D eigenvalue weighted by molar-refractivity contribution is -0.137. The molecule has 0 heterocycles. The molecule has 0 aliphatic heterocycles. The van der Waals surface area contributed by atoms with Crippen LogP contribution < -0.4 is 18.9 Å². The fourth-order valence-electron chi connectivity index (χ4n) is 2.69. The molecule has 0 bridgehead atoms. The standard InChI is InChI=1S/C19H20O9S/c1-10(20)27-16-12-7-6-8-13(29(23)9-14(22)24-3)15(12)17(28-11(2)21)19(26-5)18(16)25-4/h6-8H,9H2,1-5H3. The van der Waals surface area contributed by atoms with Gasteiger partial charge in [-0.3, -0.25) is 18.6 Å². The molecule has 1 unspecified atom stereocenters. The molecule has 0 saturated carbocycles. The lowest BCUT2D eigenvalue weighted by Crippen LogP contribution is -2.13. The van der Waals surface area contributed by atoms with Crippen LogP contribution in [0.4, 0.5) is 0 Å². The maximum Gasteiger partial charge on any atom is 0.318 e. The van der Waals surface area contributed by atoms with Crippen LogP contribution in [0.5, 0.6) is 23.0 Å². The highest BCUT2D eigenvalue weighted by Gasteiger charge is 2.29. The largest absolute Gasteiger partial charge is 0.490 e. The minimum Gasteiger partial charge on any atom is -0.490 e. The van der Waals surface area contributed by atoms with Crippen molar-refractivity contribution in [3.63, 3.8) is 0 Å². The first kappa shape index (κ1) is 22.2. The summed E-state index contributed by atoms with van der Waals surface area (Å²) >= 11 is 0. The third kappa shape index (κ3) is 4.65. The summed E-state index contributed by atoms with van der Waals surface area (Å²) in [6.07, 6.45) is 0. The highest BCUT2D eigenvalue weighted by Crippen LogP contribution is 2.52. The first-order valence-corrected chi connectivity index (χ1v) is 9.59. The van der Waals surface area contributed by atoms with Crippen molar-refractivity contribution in [3.05, 3.63) is 18.2 Å². The van der Waals surface area contributed by atoms with Gasteiger partial charge in [-0.15, -0.1) is 0 Å². The summed E-state index contributed by atoms with van der Waals surface area (Å²) in [5.41, 5.74) is 0. The zero-order valence-electron chi connectivity index (χ0n) is 16.5. The van der Waals surface area contributed by atoms with Gasteiger partial charge in [-0.2, -0.15) is 0 Å². The molecule has 156 valence electrons. The monoisotopic (exact) mass is 424 g/mol. The Morgan fingerprint density at radius 1 is 0.862 bits per heavy atom. The summed E-state index contributed by atoms with van der Waals surface area (Å²) in [7, 11) is 1.96. The molecule has 0 saturated heterocycles. The van der Waals surface area contributed by atoms with Crippen molar-refractivity contribution in [2.75, 3.05) is 27.1 Å². The molecule has 29 heavy (non-hydrogen) atoms. The molecule has 0 amide bonds. The van der Waals surface area contributed by atoms with E-state index in [-0.39, 0.29) is 38.7 Å². The van der Waals surface area contributed by atoms with Crippen molar-refractivity contribution in [1.82, 2.24) is 0 Å². The summed E-state index contributed by atoms with van der Waals surface area (Å²) in [4.78, 5) is 35.2. The number of carbonyl (C=O) groups is 3. The number of ether oxygens (including phenoxy) is 5. The quantitative estimate of drug-likeness (QED) is 0.486. The Morgan fingerprint density at radius 2 is 1.41 bits per heavy atom. The number of benzene rings is 2. The van der Waals surface area contributed by atoms with E-state index in [1.54, 1.807) is 12.1 Å². The van der Waals surface area contributed by atoms with Gasteiger partial charge in [0, 0.05) is 24.6 Å². The third-order valence-electron chi connectivity index (χ3n) is 3.74. The molecule has 2 rings (SSSR count). The van der Waals surface area contributed by atoms with Crippen LogP contribution in [0.25, 0.3) is 10.8 Å². The average Bonchev–Trinajstić information content (AvgIpc) is 2.67. The van der Waals surface area contributed by atoms with Crippen LogP contribution in [0.2, 0.25) is 0 Å². The van der Waals surface area contributed by atoms with Gasteiger partial charge in [0.15, 0.2) is 11.5 Å². The zero-order valence-corrected chi connectivity index (χ0v) is 17.3. The number of hydrogen-bond acceptors (Lipinski definition) is 9. The van der Waals surface area contributed by atoms with Crippen molar-refractivity contribution in [2.24, 2.45) is 0 Å². The molecule has 0 spiro atoms. The van der Waals surface area contributed by atoms with Gasteiger partial charge >= 0.3 is 17.9 Å². The van der Waals surface area contributed by atoms with E-state index in [1.165, 1.54) is 41.2 Å². The molecule has 0 fully saturated rings. The minimum absolute atomic E-state index is 0.000305. The lowest BCUT2D eigenvalue weighted by atomic mass is 10.1. The van der Waals surface area contributed by atoms with Crippen LogP contribution in [0, 0.1) is 0 Å². The fourth-order valence-corrected chi connectivity index (χ4v) is 3.84. The van der Waals surface area contributed by atoms with E-state index in [0.29, 0.717) is 0 Å². The summed E-state index contributed by atoms with van der Waals surface area (Å²) in [6.45, 7) is 2.39. The summed E-state index contributed by atoms with van der Waals surface area (Å²) in [5.74, 6) is -2.50. The van der Waals surface area contributed by atoms with Crippen LogP contribution in [0.3, 0.4) is 0 Å². The first-order chi connectivity index (χ1) is 13.7. The topological polar surface area (TPSA) is 114 Å². The zero-order chi connectivity index (χ0) is 21.7. The number of methoxy groups -OCH3 is 3. The fraction of sp³-hybridized carbons (Fsp3) is 0.316. The molecule has 0 N–H and O–H groups in total. The van der Waals surface area contributed by atoms with E-state index in [4.69, 9.17) is 18.9 Å². The summed E-state index contributed by atoms with van der Waals surface area (Å²) in [5, 5.41) is 0.462. The van der Waals surface area contributed by atoms with Crippen LogP contribution in [0.15, 0.2) is 23.1 Å². The number of esters is 3. The van der Waals surface area contributed by atoms with Gasteiger partial charge in [0.1, 0.15) is 5.75 Å². The molecule has 0 aliphatic rings. The number of fused-ring (bicyclic) bond motifs is 1. The smallest absolute Gasteiger partial charge is 0.318 e. The number of carbonyl (C=O) groups excluding carboxylic acids is 3. The van der Waals surface area contributed by atoms with E-state index >= 15 is 0 Å². The van der Waals surface area contributed by atoms with Gasteiger partial charge in [-0.1, -0.05) is 12.1 Å². The molecular formula is C19H20O9S. The van der Waals surface area contributed by atoms with Crippen molar-refractivity contribution >= 4 is 39.5 Å². The predicted molar refractivity (Wildman–Crippen MR) is 103 cm³/mol. The van der Waals surface area contributed by atoms with Gasteiger partial charge in [0.2, 0.25) is 11.5 Å². The third-order valence-corrected chi connectivity index (χ3v) is 5.07. The molecule has 0 aliphatic carbocycles. The Bertz CT molecular complexity index is 997. The highest BCUT2D eigenvalue weighted by atomic mass is 32.2. The van der Waals surface area contributed by atoms with Gasteiger partial charge in [0.05, 0.1) is 37.0 Å². The Morgan fingerprint density at radius 3 is 1.93 bits per heavy atom. The molecule has 2 aromatic carbocycles.